The first-order valence-corrected chi connectivity index (χ1v) is 12.0. The second kappa shape index (κ2) is 9.22. The van der Waals surface area contributed by atoms with Crippen LogP contribution in [0.5, 0.6) is 0 Å². The van der Waals surface area contributed by atoms with E-state index in [2.05, 4.69) is 24.8 Å². The van der Waals surface area contributed by atoms with Gasteiger partial charge in [0.15, 0.2) is 5.16 Å². The van der Waals surface area contributed by atoms with Crippen LogP contribution in [0.15, 0.2) is 59.9 Å². The van der Waals surface area contributed by atoms with Crippen molar-refractivity contribution in [1.82, 2.24) is 29.4 Å². The molecule has 1 amide bonds. The summed E-state index contributed by atoms with van der Waals surface area (Å²) in [6.45, 7) is 3.37. The van der Waals surface area contributed by atoms with Crippen molar-refractivity contribution in [1.29, 1.82) is 0 Å². The number of hydrogen-bond acceptors (Lipinski definition) is 6. The van der Waals surface area contributed by atoms with E-state index < -0.39 is 0 Å². The summed E-state index contributed by atoms with van der Waals surface area (Å²) < 4.78 is 16.9. The van der Waals surface area contributed by atoms with Crippen molar-refractivity contribution in [3.8, 4) is 0 Å². The second-order valence-electron chi connectivity index (χ2n) is 7.93. The molecule has 0 unspecified atom stereocenters. The average Bonchev–Trinajstić information content (AvgIpc) is 3.44. The average molecular weight is 466 g/mol. The molecule has 33 heavy (non-hydrogen) atoms. The molecule has 170 valence electrons. The van der Waals surface area contributed by atoms with Crippen LogP contribution < -0.4 is 4.90 Å². The Morgan fingerprint density at radius 3 is 2.58 bits per heavy atom. The van der Waals surface area contributed by atoms with Crippen molar-refractivity contribution in [2.24, 2.45) is 0 Å². The maximum absolute atomic E-state index is 13.2. The zero-order chi connectivity index (χ0) is 22.8. The predicted octanol–water partition coefficient (Wildman–Crippen LogP) is 2.89. The smallest absolute Gasteiger partial charge is 0.244 e. The number of nitrogens with zero attached hydrogens (tertiary/aromatic N) is 7. The standard InChI is InChI=1S/C23H24FN7OS/c1-33-23-25-20-4-2-3-5-21(20)31(23)15-18-14-30(27-26-18)16-22(32)29-12-10-28(11-13-29)19-8-6-17(24)7-9-19/h2-9,14H,10-13,15-16H2,1H3. The Balaban J connectivity index is 1.20. The summed E-state index contributed by atoms with van der Waals surface area (Å²) in [4.78, 5) is 21.5. The van der Waals surface area contributed by atoms with Crippen molar-refractivity contribution in [2.75, 3.05) is 37.3 Å². The minimum Gasteiger partial charge on any atom is -0.368 e. The number of para-hydroxylation sites is 2. The van der Waals surface area contributed by atoms with Gasteiger partial charge >= 0.3 is 0 Å². The lowest BCUT2D eigenvalue weighted by atomic mass is 10.2. The maximum atomic E-state index is 13.2. The molecule has 3 heterocycles. The molecule has 0 N–H and O–H groups in total. The molecule has 1 aliphatic heterocycles. The van der Waals surface area contributed by atoms with E-state index >= 15 is 0 Å². The number of aromatic nitrogens is 5. The van der Waals surface area contributed by atoms with Crippen LogP contribution in [0.4, 0.5) is 10.1 Å². The number of anilines is 1. The first-order chi connectivity index (χ1) is 16.1. The molecule has 1 aliphatic rings. The molecule has 0 atom stereocenters. The molecule has 0 spiro atoms. The van der Waals surface area contributed by atoms with Crippen LogP contribution in [-0.4, -0.2) is 67.8 Å². The lowest BCUT2D eigenvalue weighted by Crippen LogP contribution is -2.49. The molecule has 5 rings (SSSR count). The number of halogens is 1. The van der Waals surface area contributed by atoms with Gasteiger partial charge in [-0.15, -0.1) is 5.10 Å². The fourth-order valence-corrected chi connectivity index (χ4v) is 4.69. The molecular formula is C23H24FN7OS. The largest absolute Gasteiger partial charge is 0.368 e. The van der Waals surface area contributed by atoms with Crippen LogP contribution in [0.2, 0.25) is 0 Å². The van der Waals surface area contributed by atoms with Gasteiger partial charge in [-0.3, -0.25) is 4.79 Å². The summed E-state index contributed by atoms with van der Waals surface area (Å²) in [5.74, 6) is -0.228. The van der Waals surface area contributed by atoms with E-state index in [9.17, 15) is 9.18 Å². The zero-order valence-electron chi connectivity index (χ0n) is 18.3. The molecule has 1 saturated heterocycles. The molecule has 0 aliphatic carbocycles. The number of hydrogen-bond donors (Lipinski definition) is 0. The Hall–Kier alpha value is -3.40. The quantitative estimate of drug-likeness (QED) is 0.408. The number of imidazole rings is 1. The van der Waals surface area contributed by atoms with Crippen molar-refractivity contribution in [2.45, 2.75) is 18.2 Å². The Labute approximate surface area is 195 Å². The number of amides is 1. The Bertz CT molecular complexity index is 1260. The van der Waals surface area contributed by atoms with E-state index in [1.165, 1.54) is 12.1 Å². The molecule has 1 fully saturated rings. The second-order valence-corrected chi connectivity index (χ2v) is 8.70. The fourth-order valence-electron chi connectivity index (χ4n) is 4.12. The van der Waals surface area contributed by atoms with E-state index in [4.69, 9.17) is 0 Å². The molecule has 4 aromatic rings. The van der Waals surface area contributed by atoms with Gasteiger partial charge in [0, 0.05) is 31.9 Å². The van der Waals surface area contributed by atoms with Crippen LogP contribution in [0.3, 0.4) is 0 Å². The number of thioether (sulfide) groups is 1. The number of fused-ring (bicyclic) bond motifs is 1. The van der Waals surface area contributed by atoms with Crippen LogP contribution in [0, 0.1) is 5.82 Å². The summed E-state index contributed by atoms with van der Waals surface area (Å²) in [7, 11) is 0. The highest BCUT2D eigenvalue weighted by Gasteiger charge is 2.22. The van der Waals surface area contributed by atoms with Crippen molar-refractivity contribution in [3.63, 3.8) is 0 Å². The summed E-state index contributed by atoms with van der Waals surface area (Å²) >= 11 is 1.59. The Morgan fingerprint density at radius 2 is 1.82 bits per heavy atom. The van der Waals surface area contributed by atoms with Gasteiger partial charge in [0.25, 0.3) is 0 Å². The van der Waals surface area contributed by atoms with Gasteiger partial charge in [-0.25, -0.2) is 14.1 Å². The summed E-state index contributed by atoms with van der Waals surface area (Å²) in [6.07, 6.45) is 3.83. The molecule has 8 nitrogen and oxygen atoms in total. The number of carbonyl (C=O) groups is 1. The van der Waals surface area contributed by atoms with Crippen LogP contribution in [0.1, 0.15) is 5.69 Å². The van der Waals surface area contributed by atoms with Gasteiger partial charge in [-0.1, -0.05) is 29.1 Å². The number of rotatable bonds is 6. The topological polar surface area (TPSA) is 72.1 Å². The van der Waals surface area contributed by atoms with Crippen LogP contribution in [0.25, 0.3) is 11.0 Å². The first kappa shape index (κ1) is 21.4. The Kier molecular flexibility index (Phi) is 5.99. The molecule has 0 radical (unpaired) electrons. The highest BCUT2D eigenvalue weighted by Crippen LogP contribution is 2.23. The highest BCUT2D eigenvalue weighted by atomic mass is 32.2. The lowest BCUT2D eigenvalue weighted by Gasteiger charge is -2.36. The van der Waals surface area contributed by atoms with Gasteiger partial charge in [-0.05, 0) is 42.7 Å². The van der Waals surface area contributed by atoms with Crippen molar-refractivity contribution < 1.29 is 9.18 Å². The molecule has 10 heteroatoms. The molecule has 0 saturated carbocycles. The van der Waals surface area contributed by atoms with Gasteiger partial charge < -0.3 is 14.4 Å². The van der Waals surface area contributed by atoms with E-state index in [1.807, 2.05) is 41.6 Å². The monoisotopic (exact) mass is 465 g/mol. The molecule has 0 bridgehead atoms. The lowest BCUT2D eigenvalue weighted by molar-refractivity contribution is -0.132. The predicted molar refractivity (Wildman–Crippen MR) is 126 cm³/mol. The summed E-state index contributed by atoms with van der Waals surface area (Å²) in [5, 5.41) is 9.36. The maximum Gasteiger partial charge on any atom is 0.244 e. The zero-order valence-corrected chi connectivity index (χ0v) is 19.1. The normalized spacial score (nSPS) is 14.2. The van der Waals surface area contributed by atoms with Gasteiger partial charge in [-0.2, -0.15) is 0 Å². The Morgan fingerprint density at radius 1 is 1.06 bits per heavy atom. The van der Waals surface area contributed by atoms with E-state index in [1.54, 1.807) is 28.6 Å². The van der Waals surface area contributed by atoms with Crippen LogP contribution in [-0.2, 0) is 17.9 Å². The minimum atomic E-state index is -0.245. The minimum absolute atomic E-state index is 0.0167. The highest BCUT2D eigenvalue weighted by molar-refractivity contribution is 7.98. The summed E-state index contributed by atoms with van der Waals surface area (Å²) in [6, 6.07) is 14.5. The number of carbonyl (C=O) groups excluding carboxylic acids is 1. The number of piperazine rings is 1. The third-order valence-corrected chi connectivity index (χ3v) is 6.51. The SMILES string of the molecule is CSc1nc2ccccc2n1Cc1cn(CC(=O)N2CCN(c3ccc(F)cc3)CC2)nn1. The van der Waals surface area contributed by atoms with Crippen molar-refractivity contribution in [3.05, 3.63) is 66.2 Å². The molecule has 2 aromatic carbocycles. The molecule has 2 aromatic heterocycles. The van der Waals surface area contributed by atoms with Crippen LogP contribution >= 0.6 is 11.8 Å². The molecular weight excluding hydrogens is 441 g/mol. The third-order valence-electron chi connectivity index (χ3n) is 5.83. The first-order valence-electron chi connectivity index (χ1n) is 10.8. The summed E-state index contributed by atoms with van der Waals surface area (Å²) in [5.41, 5.74) is 3.75. The van der Waals surface area contributed by atoms with Gasteiger partial charge in [0.2, 0.25) is 5.91 Å². The fraction of sp³-hybridized carbons (Fsp3) is 0.304. The number of benzene rings is 2. The van der Waals surface area contributed by atoms with E-state index in [0.29, 0.717) is 32.7 Å². The van der Waals surface area contributed by atoms with Gasteiger partial charge in [0.05, 0.1) is 23.8 Å². The van der Waals surface area contributed by atoms with E-state index in [-0.39, 0.29) is 18.3 Å². The third kappa shape index (κ3) is 4.56. The van der Waals surface area contributed by atoms with Gasteiger partial charge in [0.1, 0.15) is 18.1 Å². The van der Waals surface area contributed by atoms with Crippen molar-refractivity contribution >= 4 is 34.4 Å². The van der Waals surface area contributed by atoms with E-state index in [0.717, 1.165) is 27.6 Å².